The van der Waals surface area contributed by atoms with E-state index in [-0.39, 0.29) is 5.06 Å². The van der Waals surface area contributed by atoms with Crippen molar-refractivity contribution in [3.63, 3.8) is 0 Å². The summed E-state index contributed by atoms with van der Waals surface area (Å²) in [5.74, 6) is -4.12. The second-order valence-corrected chi connectivity index (χ2v) is 2.11. The zero-order chi connectivity index (χ0) is 10.6. The molecule has 7 nitrogen and oxygen atoms in total. The zero-order valence-corrected chi connectivity index (χ0v) is 7.05. The number of carbonyl (C=O) groups excluding carboxylic acids is 1. The van der Waals surface area contributed by atoms with Gasteiger partial charge >= 0.3 is 11.9 Å². The number of hydroxylamine groups is 2. The molecule has 0 aromatic carbocycles. The molecule has 7 heteroatoms. The predicted octanol–water partition coefficient (Wildman–Crippen LogP) is -1.07. The fourth-order valence-corrected chi connectivity index (χ4v) is 0.722. The van der Waals surface area contributed by atoms with Crippen LogP contribution in [0.1, 0.15) is 6.92 Å². The lowest BCUT2D eigenvalue weighted by Gasteiger charge is -2.21. The van der Waals surface area contributed by atoms with Crippen LogP contribution in [-0.4, -0.2) is 46.3 Å². The summed E-state index contributed by atoms with van der Waals surface area (Å²) in [5.41, 5.74) is 0. The fourth-order valence-electron chi connectivity index (χ4n) is 0.722. The van der Waals surface area contributed by atoms with Crippen LogP contribution in [-0.2, 0) is 19.2 Å². The molecule has 0 radical (unpaired) electrons. The van der Waals surface area contributed by atoms with Crippen LogP contribution >= 0.6 is 0 Å². The quantitative estimate of drug-likeness (QED) is 0.433. The van der Waals surface area contributed by atoms with Gasteiger partial charge in [-0.05, 0) is 0 Å². The van der Waals surface area contributed by atoms with Crippen molar-refractivity contribution < 1.29 is 29.4 Å². The third-order valence-corrected chi connectivity index (χ3v) is 1.21. The van der Waals surface area contributed by atoms with E-state index in [1.54, 1.807) is 0 Å². The van der Waals surface area contributed by atoms with Gasteiger partial charge in [-0.25, -0.2) is 9.59 Å². The number of hydrogen-bond donors (Lipinski definition) is 2. The summed E-state index contributed by atoms with van der Waals surface area (Å²) in [7, 11) is 1.01. The van der Waals surface area contributed by atoms with E-state index in [2.05, 4.69) is 4.84 Å². The Balaban J connectivity index is 4.80. The third-order valence-electron chi connectivity index (χ3n) is 1.21. The standard InChI is InChI=1S/C6H9NO6/c1-3(8)7(13-2)4(5(9)10)6(11)12/h4H,1-2H3,(H,9,10)(H,11,12). The fraction of sp³-hybridized carbons (Fsp3) is 0.500. The molecule has 0 aromatic rings. The smallest absolute Gasteiger partial charge is 0.340 e. The summed E-state index contributed by atoms with van der Waals surface area (Å²) < 4.78 is 0. The topological polar surface area (TPSA) is 104 Å². The van der Waals surface area contributed by atoms with Crippen LogP contribution in [0.15, 0.2) is 0 Å². The molecule has 0 fully saturated rings. The first-order chi connectivity index (χ1) is 5.91. The van der Waals surface area contributed by atoms with E-state index in [1.165, 1.54) is 0 Å². The highest BCUT2D eigenvalue weighted by Gasteiger charge is 2.35. The monoisotopic (exact) mass is 191 g/mol. The summed E-state index contributed by atoms with van der Waals surface area (Å²) >= 11 is 0. The van der Waals surface area contributed by atoms with Crippen LogP contribution in [0.5, 0.6) is 0 Å². The molecule has 0 aliphatic heterocycles. The Hall–Kier alpha value is -1.63. The minimum Gasteiger partial charge on any atom is -0.479 e. The van der Waals surface area contributed by atoms with Crippen molar-refractivity contribution in [1.29, 1.82) is 0 Å². The number of nitrogens with zero attached hydrogens (tertiary/aromatic N) is 1. The summed E-state index contributed by atoms with van der Waals surface area (Å²) in [6, 6.07) is -2.01. The largest absolute Gasteiger partial charge is 0.479 e. The van der Waals surface area contributed by atoms with Crippen molar-refractivity contribution >= 4 is 17.8 Å². The SMILES string of the molecule is CON(C(C)=O)C(C(=O)O)C(=O)O. The van der Waals surface area contributed by atoms with Crippen LogP contribution in [0.4, 0.5) is 0 Å². The molecular weight excluding hydrogens is 182 g/mol. The second-order valence-electron chi connectivity index (χ2n) is 2.11. The minimum atomic E-state index is -2.01. The van der Waals surface area contributed by atoms with Crippen molar-refractivity contribution in [2.75, 3.05) is 7.11 Å². The van der Waals surface area contributed by atoms with Gasteiger partial charge in [0, 0.05) is 6.92 Å². The maximum atomic E-state index is 10.7. The number of carboxylic acids is 2. The maximum absolute atomic E-state index is 10.7. The van der Waals surface area contributed by atoms with E-state index in [9.17, 15) is 14.4 Å². The van der Waals surface area contributed by atoms with Gasteiger partial charge in [-0.1, -0.05) is 0 Å². The van der Waals surface area contributed by atoms with E-state index in [0.717, 1.165) is 14.0 Å². The molecule has 0 heterocycles. The van der Waals surface area contributed by atoms with Crippen molar-refractivity contribution in [2.45, 2.75) is 13.0 Å². The maximum Gasteiger partial charge on any atom is 0.340 e. The first-order valence-corrected chi connectivity index (χ1v) is 3.21. The molecular formula is C6H9NO6. The van der Waals surface area contributed by atoms with Crippen molar-refractivity contribution in [2.24, 2.45) is 0 Å². The van der Waals surface area contributed by atoms with Crippen LogP contribution in [0.3, 0.4) is 0 Å². The zero-order valence-electron chi connectivity index (χ0n) is 7.05. The van der Waals surface area contributed by atoms with E-state index < -0.39 is 23.9 Å². The predicted molar refractivity (Wildman–Crippen MR) is 38.6 cm³/mol. The molecule has 0 aromatic heterocycles. The molecule has 0 saturated carbocycles. The summed E-state index contributed by atoms with van der Waals surface area (Å²) in [6.07, 6.45) is 0. The van der Waals surface area contributed by atoms with Crippen molar-refractivity contribution in [3.8, 4) is 0 Å². The normalized spacial score (nSPS) is 9.77. The van der Waals surface area contributed by atoms with Gasteiger partial charge in [0.25, 0.3) is 6.04 Å². The minimum absolute atomic E-state index is 0.269. The third kappa shape index (κ3) is 2.71. The molecule has 1 amide bonds. The first kappa shape index (κ1) is 11.4. The van der Waals surface area contributed by atoms with Gasteiger partial charge < -0.3 is 10.2 Å². The van der Waals surface area contributed by atoms with Gasteiger partial charge in [-0.2, -0.15) is 5.06 Å². The highest BCUT2D eigenvalue weighted by molar-refractivity contribution is 6.00. The van der Waals surface area contributed by atoms with Gasteiger partial charge in [0.15, 0.2) is 0 Å². The molecule has 0 atom stereocenters. The molecule has 13 heavy (non-hydrogen) atoms. The highest BCUT2D eigenvalue weighted by atomic mass is 16.7. The molecule has 74 valence electrons. The molecule has 0 aliphatic rings. The van der Waals surface area contributed by atoms with Crippen LogP contribution < -0.4 is 0 Å². The van der Waals surface area contributed by atoms with Gasteiger partial charge in [0.05, 0.1) is 7.11 Å². The average molecular weight is 191 g/mol. The number of hydrogen-bond acceptors (Lipinski definition) is 4. The Morgan fingerprint density at radius 1 is 1.23 bits per heavy atom. The second kappa shape index (κ2) is 4.41. The van der Waals surface area contributed by atoms with Gasteiger partial charge in [-0.3, -0.25) is 9.63 Å². The molecule has 0 aliphatic carbocycles. The average Bonchev–Trinajstić information content (AvgIpc) is 1.97. The Labute approximate surface area is 73.5 Å². The molecule has 2 N–H and O–H groups in total. The number of carbonyl (C=O) groups is 3. The highest BCUT2D eigenvalue weighted by Crippen LogP contribution is 2.01. The number of aliphatic carboxylic acids is 2. The molecule has 0 rings (SSSR count). The summed E-state index contributed by atoms with van der Waals surface area (Å²) in [4.78, 5) is 35.8. The van der Waals surface area contributed by atoms with Crippen molar-refractivity contribution in [3.05, 3.63) is 0 Å². The number of amides is 1. The lowest BCUT2D eigenvalue weighted by molar-refractivity contribution is -0.201. The molecule has 0 bridgehead atoms. The Morgan fingerprint density at radius 2 is 1.62 bits per heavy atom. The molecule has 0 unspecified atom stereocenters. The summed E-state index contributed by atoms with van der Waals surface area (Å²) in [5, 5.41) is 17.1. The van der Waals surface area contributed by atoms with Gasteiger partial charge in [0.1, 0.15) is 0 Å². The van der Waals surface area contributed by atoms with Crippen molar-refractivity contribution in [1.82, 2.24) is 5.06 Å². The van der Waals surface area contributed by atoms with E-state index >= 15 is 0 Å². The number of carboxylic acid groups (broad SMARTS) is 2. The molecule has 0 spiro atoms. The van der Waals surface area contributed by atoms with Gasteiger partial charge in [-0.15, -0.1) is 0 Å². The Kier molecular flexibility index (Phi) is 3.86. The lowest BCUT2D eigenvalue weighted by Crippen LogP contribution is -2.48. The van der Waals surface area contributed by atoms with Crippen LogP contribution in [0, 0.1) is 0 Å². The van der Waals surface area contributed by atoms with Crippen LogP contribution in [0.2, 0.25) is 0 Å². The van der Waals surface area contributed by atoms with E-state index in [1.807, 2.05) is 0 Å². The molecule has 0 saturated heterocycles. The Morgan fingerprint density at radius 3 is 1.69 bits per heavy atom. The number of rotatable bonds is 4. The lowest BCUT2D eigenvalue weighted by atomic mass is 10.3. The van der Waals surface area contributed by atoms with Gasteiger partial charge in [0.2, 0.25) is 5.91 Å². The summed E-state index contributed by atoms with van der Waals surface area (Å²) in [6.45, 7) is 1.00. The first-order valence-electron chi connectivity index (χ1n) is 3.21. The van der Waals surface area contributed by atoms with E-state index in [4.69, 9.17) is 10.2 Å². The van der Waals surface area contributed by atoms with Crippen LogP contribution in [0.25, 0.3) is 0 Å². The van der Waals surface area contributed by atoms with E-state index in [0.29, 0.717) is 0 Å². The Bertz CT molecular complexity index is 223.